The smallest absolute Gasteiger partial charge is 0.138 e. The standard InChI is InChI=1S/C14H22N2O/c1-3-12-7-8-13(16-10-12)9-14(17)6-4-5-11(2)15/h7-8,10-11H,3-6,9,15H2,1-2H3. The Hall–Kier alpha value is -1.22. The Balaban J connectivity index is 2.34. The van der Waals surface area contributed by atoms with Crippen molar-refractivity contribution in [2.24, 2.45) is 5.73 Å². The van der Waals surface area contributed by atoms with E-state index >= 15 is 0 Å². The number of hydrogen-bond donors (Lipinski definition) is 1. The van der Waals surface area contributed by atoms with Crippen molar-refractivity contribution in [2.75, 3.05) is 0 Å². The SMILES string of the molecule is CCc1ccc(CC(=O)CCCC(C)N)nc1. The average Bonchev–Trinajstić information content (AvgIpc) is 2.29. The van der Waals surface area contributed by atoms with Crippen LogP contribution in [0.2, 0.25) is 0 Å². The Morgan fingerprint density at radius 1 is 1.47 bits per heavy atom. The van der Waals surface area contributed by atoms with Gasteiger partial charge in [-0.25, -0.2) is 0 Å². The van der Waals surface area contributed by atoms with E-state index in [1.165, 1.54) is 5.56 Å². The molecule has 2 N–H and O–H groups in total. The molecule has 0 aliphatic carbocycles. The number of hydrogen-bond acceptors (Lipinski definition) is 3. The molecule has 0 aliphatic heterocycles. The van der Waals surface area contributed by atoms with E-state index in [0.29, 0.717) is 12.8 Å². The van der Waals surface area contributed by atoms with Crippen molar-refractivity contribution in [3.8, 4) is 0 Å². The summed E-state index contributed by atoms with van der Waals surface area (Å²) < 4.78 is 0. The predicted molar refractivity (Wildman–Crippen MR) is 69.8 cm³/mol. The number of pyridine rings is 1. The number of nitrogens with two attached hydrogens (primary N) is 1. The second-order valence-electron chi connectivity index (χ2n) is 4.60. The highest BCUT2D eigenvalue weighted by molar-refractivity contribution is 5.80. The zero-order valence-electron chi connectivity index (χ0n) is 10.8. The summed E-state index contributed by atoms with van der Waals surface area (Å²) in [5.41, 5.74) is 7.71. The van der Waals surface area contributed by atoms with Crippen LogP contribution in [0.5, 0.6) is 0 Å². The first-order valence-corrected chi connectivity index (χ1v) is 6.33. The van der Waals surface area contributed by atoms with Crippen LogP contribution >= 0.6 is 0 Å². The molecule has 1 unspecified atom stereocenters. The van der Waals surface area contributed by atoms with Crippen molar-refractivity contribution >= 4 is 5.78 Å². The van der Waals surface area contributed by atoms with Crippen molar-refractivity contribution in [3.05, 3.63) is 29.6 Å². The lowest BCUT2D eigenvalue weighted by molar-refractivity contribution is -0.118. The fourth-order valence-electron chi connectivity index (χ4n) is 1.68. The molecular formula is C14H22N2O. The van der Waals surface area contributed by atoms with E-state index in [1.54, 1.807) is 0 Å². The molecule has 1 rings (SSSR count). The fraction of sp³-hybridized carbons (Fsp3) is 0.571. The molecular weight excluding hydrogens is 212 g/mol. The first kappa shape index (κ1) is 13.8. The van der Waals surface area contributed by atoms with Gasteiger partial charge in [-0.1, -0.05) is 13.0 Å². The lowest BCUT2D eigenvalue weighted by atomic mass is 10.1. The third-order valence-corrected chi connectivity index (χ3v) is 2.79. The molecule has 3 heteroatoms. The zero-order chi connectivity index (χ0) is 12.7. The summed E-state index contributed by atoms with van der Waals surface area (Å²) >= 11 is 0. The molecule has 17 heavy (non-hydrogen) atoms. The summed E-state index contributed by atoms with van der Waals surface area (Å²) in [7, 11) is 0. The molecule has 0 radical (unpaired) electrons. The molecule has 3 nitrogen and oxygen atoms in total. The molecule has 1 aromatic rings. The summed E-state index contributed by atoms with van der Waals surface area (Å²) in [4.78, 5) is 16.0. The molecule has 0 aromatic carbocycles. The normalized spacial score (nSPS) is 12.4. The van der Waals surface area contributed by atoms with Gasteiger partial charge in [0, 0.05) is 30.8 Å². The third-order valence-electron chi connectivity index (χ3n) is 2.79. The Kier molecular flexibility index (Phi) is 5.84. The summed E-state index contributed by atoms with van der Waals surface area (Å²) in [5, 5.41) is 0. The van der Waals surface area contributed by atoms with Crippen LogP contribution in [0.1, 0.15) is 44.4 Å². The first-order chi connectivity index (χ1) is 8.11. The summed E-state index contributed by atoms with van der Waals surface area (Å²) in [6.07, 6.45) is 5.68. The average molecular weight is 234 g/mol. The first-order valence-electron chi connectivity index (χ1n) is 6.33. The molecule has 0 amide bonds. The lowest BCUT2D eigenvalue weighted by Crippen LogP contribution is -2.15. The molecule has 94 valence electrons. The number of Topliss-reactive ketones (excluding diaryl/α,β-unsaturated/α-hetero) is 1. The van der Waals surface area contributed by atoms with Gasteiger partial charge < -0.3 is 5.73 Å². The van der Waals surface area contributed by atoms with Gasteiger partial charge in [0.15, 0.2) is 0 Å². The Morgan fingerprint density at radius 2 is 2.24 bits per heavy atom. The number of aromatic nitrogens is 1. The van der Waals surface area contributed by atoms with Crippen molar-refractivity contribution in [1.82, 2.24) is 4.98 Å². The number of ketones is 1. The van der Waals surface area contributed by atoms with E-state index in [-0.39, 0.29) is 11.8 Å². The van der Waals surface area contributed by atoms with Crippen LogP contribution < -0.4 is 5.73 Å². The monoisotopic (exact) mass is 234 g/mol. The van der Waals surface area contributed by atoms with Crippen LogP contribution in [0, 0.1) is 0 Å². The van der Waals surface area contributed by atoms with Crippen LogP contribution in [0.3, 0.4) is 0 Å². The van der Waals surface area contributed by atoms with E-state index in [4.69, 9.17) is 5.73 Å². The fourth-order valence-corrected chi connectivity index (χ4v) is 1.68. The van der Waals surface area contributed by atoms with E-state index in [0.717, 1.165) is 25.0 Å². The second kappa shape index (κ2) is 7.17. The van der Waals surface area contributed by atoms with Gasteiger partial charge in [-0.05, 0) is 37.8 Å². The van der Waals surface area contributed by atoms with Crippen LogP contribution in [0.15, 0.2) is 18.3 Å². The summed E-state index contributed by atoms with van der Waals surface area (Å²) in [5.74, 6) is 0.252. The van der Waals surface area contributed by atoms with Crippen molar-refractivity contribution in [3.63, 3.8) is 0 Å². The highest BCUT2D eigenvalue weighted by Gasteiger charge is 2.05. The van der Waals surface area contributed by atoms with Gasteiger partial charge in [-0.3, -0.25) is 9.78 Å². The van der Waals surface area contributed by atoms with Crippen molar-refractivity contribution in [2.45, 2.75) is 52.0 Å². The molecule has 0 fully saturated rings. The maximum absolute atomic E-state index is 11.7. The van der Waals surface area contributed by atoms with Crippen LogP contribution in [0.25, 0.3) is 0 Å². The van der Waals surface area contributed by atoms with E-state index in [1.807, 2.05) is 25.3 Å². The van der Waals surface area contributed by atoms with Gasteiger partial charge >= 0.3 is 0 Å². The van der Waals surface area contributed by atoms with Crippen molar-refractivity contribution in [1.29, 1.82) is 0 Å². The van der Waals surface area contributed by atoms with Crippen LogP contribution in [-0.2, 0) is 17.6 Å². The van der Waals surface area contributed by atoms with E-state index in [2.05, 4.69) is 11.9 Å². The minimum absolute atomic E-state index is 0.185. The molecule has 0 aliphatic rings. The number of nitrogens with zero attached hydrogens (tertiary/aromatic N) is 1. The zero-order valence-corrected chi connectivity index (χ0v) is 10.8. The quantitative estimate of drug-likeness (QED) is 0.787. The molecule has 0 saturated carbocycles. The maximum atomic E-state index is 11.7. The second-order valence-corrected chi connectivity index (χ2v) is 4.60. The van der Waals surface area contributed by atoms with Gasteiger partial charge in [0.25, 0.3) is 0 Å². The number of aryl methyl sites for hydroxylation is 1. The Labute approximate surface area is 103 Å². The summed E-state index contributed by atoms with van der Waals surface area (Å²) in [6.45, 7) is 4.06. The third kappa shape index (κ3) is 5.59. The van der Waals surface area contributed by atoms with Gasteiger partial charge in [0.1, 0.15) is 5.78 Å². The molecule has 0 bridgehead atoms. The van der Waals surface area contributed by atoms with Gasteiger partial charge in [0.05, 0.1) is 0 Å². The molecule has 0 saturated heterocycles. The molecule has 1 aromatic heterocycles. The van der Waals surface area contributed by atoms with E-state index < -0.39 is 0 Å². The number of carbonyl (C=O) groups excluding carboxylic acids is 1. The van der Waals surface area contributed by atoms with Crippen molar-refractivity contribution < 1.29 is 4.79 Å². The lowest BCUT2D eigenvalue weighted by Gasteiger charge is -2.04. The molecule has 0 spiro atoms. The Morgan fingerprint density at radius 3 is 2.76 bits per heavy atom. The topological polar surface area (TPSA) is 56.0 Å². The van der Waals surface area contributed by atoms with Gasteiger partial charge in [-0.2, -0.15) is 0 Å². The van der Waals surface area contributed by atoms with Crippen LogP contribution in [0.4, 0.5) is 0 Å². The summed E-state index contributed by atoms with van der Waals surface area (Å²) in [6, 6.07) is 4.17. The highest BCUT2D eigenvalue weighted by atomic mass is 16.1. The van der Waals surface area contributed by atoms with Crippen LogP contribution in [-0.4, -0.2) is 16.8 Å². The minimum atomic E-state index is 0.185. The molecule has 1 heterocycles. The largest absolute Gasteiger partial charge is 0.328 e. The van der Waals surface area contributed by atoms with E-state index in [9.17, 15) is 4.79 Å². The van der Waals surface area contributed by atoms with Gasteiger partial charge in [-0.15, -0.1) is 0 Å². The minimum Gasteiger partial charge on any atom is -0.328 e. The Bertz CT molecular complexity index is 344. The van der Waals surface area contributed by atoms with Gasteiger partial charge in [0.2, 0.25) is 0 Å². The molecule has 1 atom stereocenters. The maximum Gasteiger partial charge on any atom is 0.138 e. The predicted octanol–water partition coefficient (Wildman–Crippen LogP) is 2.27. The highest BCUT2D eigenvalue weighted by Crippen LogP contribution is 2.06. The number of rotatable bonds is 7. The number of carbonyl (C=O) groups is 1.